The van der Waals surface area contributed by atoms with Crippen molar-refractivity contribution in [2.45, 2.75) is 4.90 Å². The first kappa shape index (κ1) is 18.6. The van der Waals surface area contributed by atoms with Crippen LogP contribution in [0.1, 0.15) is 10.4 Å². The van der Waals surface area contributed by atoms with E-state index in [4.69, 9.17) is 4.74 Å². The number of hydrogen-bond donors (Lipinski definition) is 1. The molecule has 0 saturated carbocycles. The van der Waals surface area contributed by atoms with E-state index in [0.29, 0.717) is 23.3 Å². The van der Waals surface area contributed by atoms with Gasteiger partial charge < -0.3 is 10.1 Å². The molecule has 27 heavy (non-hydrogen) atoms. The van der Waals surface area contributed by atoms with Gasteiger partial charge >= 0.3 is 0 Å². The number of aldehydes is 1. The summed E-state index contributed by atoms with van der Waals surface area (Å²) in [5.74, 6) is -0.0987. The van der Waals surface area contributed by atoms with Crippen LogP contribution in [0.2, 0.25) is 0 Å². The molecule has 3 aromatic rings. The number of anilines is 1. The summed E-state index contributed by atoms with van der Waals surface area (Å²) in [4.78, 5) is 23.7. The zero-order valence-electron chi connectivity index (χ0n) is 14.5. The molecular weight excluding hydrogens is 366 g/mol. The van der Waals surface area contributed by atoms with E-state index in [1.54, 1.807) is 6.07 Å². The predicted octanol–water partition coefficient (Wildman–Crippen LogP) is 3.07. The summed E-state index contributed by atoms with van der Waals surface area (Å²) in [5.41, 5.74) is 0.837. The zero-order chi connectivity index (χ0) is 19.4. The van der Waals surface area contributed by atoms with Crippen molar-refractivity contribution < 1.29 is 22.7 Å². The molecule has 138 valence electrons. The quantitative estimate of drug-likeness (QED) is 0.661. The molecule has 3 aromatic carbocycles. The van der Waals surface area contributed by atoms with Crippen molar-refractivity contribution in [1.82, 2.24) is 0 Å². The van der Waals surface area contributed by atoms with Gasteiger partial charge in [-0.3, -0.25) is 9.59 Å². The average Bonchev–Trinajstić information content (AvgIpc) is 2.65. The molecule has 0 radical (unpaired) electrons. The van der Waals surface area contributed by atoms with E-state index in [-0.39, 0.29) is 11.5 Å². The highest BCUT2D eigenvalue weighted by atomic mass is 32.2. The number of fused-ring (bicyclic) bond motifs is 1. The normalized spacial score (nSPS) is 11.1. The third-order valence-corrected chi connectivity index (χ3v) is 5.10. The Morgan fingerprint density at radius 2 is 1.74 bits per heavy atom. The smallest absolute Gasteiger partial charge is 0.262 e. The molecule has 0 aliphatic rings. The van der Waals surface area contributed by atoms with Crippen molar-refractivity contribution in [1.29, 1.82) is 0 Å². The van der Waals surface area contributed by atoms with Gasteiger partial charge in [-0.15, -0.1) is 0 Å². The minimum absolute atomic E-state index is 0.170. The van der Waals surface area contributed by atoms with Crippen LogP contribution in [0.15, 0.2) is 65.6 Å². The van der Waals surface area contributed by atoms with Crippen molar-refractivity contribution in [3.05, 3.63) is 66.2 Å². The van der Waals surface area contributed by atoms with Crippen molar-refractivity contribution in [3.8, 4) is 5.75 Å². The van der Waals surface area contributed by atoms with Crippen LogP contribution in [0.3, 0.4) is 0 Å². The van der Waals surface area contributed by atoms with Crippen LogP contribution in [-0.2, 0) is 14.6 Å². The molecule has 0 atom stereocenters. The van der Waals surface area contributed by atoms with E-state index < -0.39 is 15.7 Å². The topological polar surface area (TPSA) is 89.5 Å². The summed E-state index contributed by atoms with van der Waals surface area (Å²) in [6.45, 7) is -0.285. The van der Waals surface area contributed by atoms with E-state index >= 15 is 0 Å². The van der Waals surface area contributed by atoms with Gasteiger partial charge in [0.1, 0.15) is 5.75 Å². The number of hydrogen-bond acceptors (Lipinski definition) is 5. The lowest BCUT2D eigenvalue weighted by Crippen LogP contribution is -2.20. The highest BCUT2D eigenvalue weighted by molar-refractivity contribution is 7.90. The van der Waals surface area contributed by atoms with Crippen LogP contribution in [0.25, 0.3) is 10.8 Å². The lowest BCUT2D eigenvalue weighted by molar-refractivity contribution is -0.118. The van der Waals surface area contributed by atoms with Crippen molar-refractivity contribution >= 4 is 38.5 Å². The first-order valence-electron chi connectivity index (χ1n) is 8.08. The number of carbonyl (C=O) groups is 2. The molecule has 0 aromatic heterocycles. The van der Waals surface area contributed by atoms with E-state index in [1.807, 2.05) is 30.3 Å². The number of carbonyl (C=O) groups excluding carboxylic acids is 2. The molecule has 0 heterocycles. The lowest BCUT2D eigenvalue weighted by Gasteiger charge is -2.11. The first-order chi connectivity index (χ1) is 12.9. The Balaban J connectivity index is 1.69. The second-order valence-corrected chi connectivity index (χ2v) is 7.97. The van der Waals surface area contributed by atoms with Crippen molar-refractivity contribution in [3.63, 3.8) is 0 Å². The van der Waals surface area contributed by atoms with Gasteiger partial charge in [-0.1, -0.05) is 30.3 Å². The maximum absolute atomic E-state index is 12.1. The summed E-state index contributed by atoms with van der Waals surface area (Å²) in [6.07, 6.45) is 1.82. The van der Waals surface area contributed by atoms with Crippen LogP contribution in [-0.4, -0.2) is 33.5 Å². The molecule has 1 amide bonds. The van der Waals surface area contributed by atoms with E-state index in [1.165, 1.54) is 24.3 Å². The summed E-state index contributed by atoms with van der Waals surface area (Å²) in [5, 5.41) is 4.27. The SMILES string of the molecule is CS(=O)(=O)c1ccc(NC(=O)COc2ccc3ccccc3c2C=O)cc1. The number of sulfone groups is 1. The summed E-state index contributed by atoms with van der Waals surface area (Å²) >= 11 is 0. The van der Waals surface area contributed by atoms with Gasteiger partial charge in [0, 0.05) is 11.9 Å². The molecule has 7 heteroatoms. The maximum atomic E-state index is 12.1. The van der Waals surface area contributed by atoms with E-state index in [2.05, 4.69) is 5.32 Å². The fraction of sp³-hybridized carbons (Fsp3) is 0.100. The van der Waals surface area contributed by atoms with Crippen LogP contribution < -0.4 is 10.1 Å². The van der Waals surface area contributed by atoms with E-state index in [9.17, 15) is 18.0 Å². The number of amides is 1. The fourth-order valence-electron chi connectivity index (χ4n) is 2.65. The molecule has 0 aliphatic heterocycles. The van der Waals surface area contributed by atoms with Gasteiger partial charge in [0.05, 0.1) is 10.5 Å². The highest BCUT2D eigenvalue weighted by Gasteiger charge is 2.11. The molecule has 0 aliphatic carbocycles. The number of nitrogens with one attached hydrogen (secondary N) is 1. The highest BCUT2D eigenvalue weighted by Crippen LogP contribution is 2.26. The fourth-order valence-corrected chi connectivity index (χ4v) is 3.28. The van der Waals surface area contributed by atoms with Gasteiger partial charge in [-0.05, 0) is 41.1 Å². The summed E-state index contributed by atoms with van der Waals surface area (Å²) in [6, 6.07) is 16.7. The molecular formula is C20H17NO5S. The average molecular weight is 383 g/mol. The van der Waals surface area contributed by atoms with Gasteiger partial charge in [0.15, 0.2) is 22.7 Å². The lowest BCUT2D eigenvalue weighted by atomic mass is 10.0. The monoisotopic (exact) mass is 383 g/mol. The number of ether oxygens (including phenoxy) is 1. The Morgan fingerprint density at radius 3 is 2.41 bits per heavy atom. The Kier molecular flexibility index (Phi) is 5.23. The standard InChI is InChI=1S/C20H17NO5S/c1-27(24,25)16-9-7-15(8-10-16)21-20(23)13-26-19-11-6-14-4-2-3-5-17(14)18(19)12-22/h2-12H,13H2,1H3,(H,21,23). The number of rotatable bonds is 6. The largest absolute Gasteiger partial charge is 0.483 e. The maximum Gasteiger partial charge on any atom is 0.262 e. The Morgan fingerprint density at radius 1 is 1.04 bits per heavy atom. The Hall–Kier alpha value is -3.19. The second kappa shape index (κ2) is 7.59. The summed E-state index contributed by atoms with van der Waals surface area (Å²) in [7, 11) is -3.29. The minimum atomic E-state index is -3.29. The zero-order valence-corrected chi connectivity index (χ0v) is 15.3. The molecule has 3 rings (SSSR count). The minimum Gasteiger partial charge on any atom is -0.483 e. The number of benzene rings is 3. The van der Waals surface area contributed by atoms with Crippen LogP contribution in [0.5, 0.6) is 5.75 Å². The van der Waals surface area contributed by atoms with Gasteiger partial charge in [0.2, 0.25) is 0 Å². The molecule has 0 saturated heterocycles. The molecule has 0 fully saturated rings. The van der Waals surface area contributed by atoms with Crippen LogP contribution in [0, 0.1) is 0 Å². The molecule has 0 spiro atoms. The Labute approximate surface area is 156 Å². The molecule has 0 unspecified atom stereocenters. The predicted molar refractivity (Wildman–Crippen MR) is 103 cm³/mol. The molecule has 0 bridgehead atoms. The molecule has 6 nitrogen and oxygen atoms in total. The second-order valence-electron chi connectivity index (χ2n) is 5.95. The van der Waals surface area contributed by atoms with Gasteiger partial charge in [-0.2, -0.15) is 0 Å². The van der Waals surface area contributed by atoms with Crippen molar-refractivity contribution in [2.24, 2.45) is 0 Å². The van der Waals surface area contributed by atoms with Gasteiger partial charge in [0.25, 0.3) is 5.91 Å². The van der Waals surface area contributed by atoms with Crippen LogP contribution in [0.4, 0.5) is 5.69 Å². The van der Waals surface area contributed by atoms with E-state index in [0.717, 1.165) is 17.0 Å². The van der Waals surface area contributed by atoms with Crippen LogP contribution >= 0.6 is 0 Å². The third kappa shape index (κ3) is 4.32. The molecule has 1 N–H and O–H groups in total. The third-order valence-electron chi connectivity index (χ3n) is 3.97. The summed E-state index contributed by atoms with van der Waals surface area (Å²) < 4.78 is 28.4. The Bertz CT molecular complexity index is 1100. The van der Waals surface area contributed by atoms with Crippen molar-refractivity contribution in [2.75, 3.05) is 18.2 Å². The van der Waals surface area contributed by atoms with Gasteiger partial charge in [-0.25, -0.2) is 8.42 Å². The first-order valence-corrected chi connectivity index (χ1v) is 9.97.